The average molecular weight is 529 g/mol. The molecule has 0 radical (unpaired) electrons. The highest BCUT2D eigenvalue weighted by molar-refractivity contribution is 6.02. The molecule has 204 valence electrons. The number of β-amino-alcohol motifs (C(OH)–C–C–N with tert-alkyl or cyclic N) is 1. The van der Waals surface area contributed by atoms with Crippen molar-refractivity contribution < 1.29 is 19.5 Å². The molecule has 0 bridgehead atoms. The van der Waals surface area contributed by atoms with Crippen molar-refractivity contribution in [3.63, 3.8) is 0 Å². The van der Waals surface area contributed by atoms with E-state index in [0.29, 0.717) is 18.7 Å². The summed E-state index contributed by atoms with van der Waals surface area (Å²) in [6.07, 6.45) is 2.08. The van der Waals surface area contributed by atoms with Crippen molar-refractivity contribution in [2.24, 2.45) is 10.4 Å². The van der Waals surface area contributed by atoms with Crippen LogP contribution in [0.25, 0.3) is 5.57 Å². The summed E-state index contributed by atoms with van der Waals surface area (Å²) in [7, 11) is 0. The Labute approximate surface area is 229 Å². The van der Waals surface area contributed by atoms with E-state index in [0.717, 1.165) is 28.8 Å². The second kappa shape index (κ2) is 10.4. The van der Waals surface area contributed by atoms with E-state index in [1.807, 2.05) is 76.4 Å². The number of benzene rings is 2. The number of rotatable bonds is 6. The summed E-state index contributed by atoms with van der Waals surface area (Å²) >= 11 is 0. The highest BCUT2D eigenvalue weighted by Crippen LogP contribution is 2.35. The first-order valence-electron chi connectivity index (χ1n) is 13.5. The van der Waals surface area contributed by atoms with Gasteiger partial charge in [-0.3, -0.25) is 19.4 Å². The standard InChI is InChI=1S/C31H36N4O4/c1-19-24(13-14-32-19)21-11-9-20(10-12-21)16-33-28(37)26-15-23(36)18-34(26)30(39)27(31(2,3)4)35-17-22-7-5-6-8-25(22)29(35)38/h5-12,14,23,26-27,36H,13,15-18H2,1-4H3,(H,33,37)/t23-,26?,27?/m1/s1. The van der Waals surface area contributed by atoms with Gasteiger partial charge in [0.15, 0.2) is 0 Å². The normalized spacial score (nSPS) is 21.5. The number of aliphatic imine (C=N–C) groups is 1. The first kappa shape index (κ1) is 26.8. The van der Waals surface area contributed by atoms with Crippen LogP contribution in [0.1, 0.15) is 67.6 Å². The third-order valence-electron chi connectivity index (χ3n) is 7.87. The molecule has 39 heavy (non-hydrogen) atoms. The third kappa shape index (κ3) is 5.26. The minimum Gasteiger partial charge on any atom is -0.391 e. The van der Waals surface area contributed by atoms with Crippen molar-refractivity contribution in [1.29, 1.82) is 0 Å². The molecule has 3 heterocycles. The lowest BCUT2D eigenvalue weighted by Gasteiger charge is -2.40. The maximum absolute atomic E-state index is 14.0. The van der Waals surface area contributed by atoms with Crippen molar-refractivity contribution in [1.82, 2.24) is 15.1 Å². The fourth-order valence-corrected chi connectivity index (χ4v) is 5.88. The molecular weight excluding hydrogens is 492 g/mol. The quantitative estimate of drug-likeness (QED) is 0.599. The third-order valence-corrected chi connectivity index (χ3v) is 7.87. The first-order chi connectivity index (χ1) is 18.5. The van der Waals surface area contributed by atoms with Gasteiger partial charge in [-0.05, 0) is 40.7 Å². The second-order valence-corrected chi connectivity index (χ2v) is 11.7. The van der Waals surface area contributed by atoms with Gasteiger partial charge >= 0.3 is 0 Å². The van der Waals surface area contributed by atoms with Gasteiger partial charge in [0.05, 0.1) is 6.10 Å². The number of nitrogens with zero attached hydrogens (tertiary/aromatic N) is 3. The van der Waals surface area contributed by atoms with Gasteiger partial charge in [0.2, 0.25) is 11.8 Å². The molecule has 1 fully saturated rings. The lowest BCUT2D eigenvalue weighted by atomic mass is 9.84. The Morgan fingerprint density at radius 3 is 2.49 bits per heavy atom. The van der Waals surface area contributed by atoms with Crippen LogP contribution in [0.2, 0.25) is 0 Å². The van der Waals surface area contributed by atoms with Crippen LogP contribution in [0.4, 0.5) is 0 Å². The number of aliphatic hydroxyl groups excluding tert-OH is 1. The van der Waals surface area contributed by atoms with Gasteiger partial charge in [-0.2, -0.15) is 0 Å². The summed E-state index contributed by atoms with van der Waals surface area (Å²) in [6, 6.07) is 13.8. The molecule has 2 N–H and O–H groups in total. The Bertz CT molecular complexity index is 1360. The largest absolute Gasteiger partial charge is 0.391 e. The van der Waals surface area contributed by atoms with E-state index in [1.54, 1.807) is 11.0 Å². The van der Waals surface area contributed by atoms with Gasteiger partial charge in [-0.1, -0.05) is 63.2 Å². The summed E-state index contributed by atoms with van der Waals surface area (Å²) in [5, 5.41) is 13.4. The summed E-state index contributed by atoms with van der Waals surface area (Å²) < 4.78 is 0. The number of hydrogen-bond acceptors (Lipinski definition) is 5. The summed E-state index contributed by atoms with van der Waals surface area (Å²) in [5.41, 5.74) is 5.19. The number of allylic oxidation sites excluding steroid dienone is 2. The highest BCUT2D eigenvalue weighted by atomic mass is 16.3. The zero-order valence-corrected chi connectivity index (χ0v) is 23.0. The molecule has 8 nitrogen and oxygen atoms in total. The number of carbonyl (C=O) groups excluding carboxylic acids is 3. The minimum absolute atomic E-state index is 0.0592. The van der Waals surface area contributed by atoms with Crippen molar-refractivity contribution in [3.05, 3.63) is 76.5 Å². The Balaban J connectivity index is 1.29. The lowest BCUT2D eigenvalue weighted by Crippen LogP contribution is -2.57. The fraction of sp³-hybridized carbons (Fsp3) is 0.419. The molecule has 5 rings (SSSR count). The molecular formula is C31H36N4O4. The SMILES string of the molecule is CC1=C(c2ccc(CNC(=O)C3C[C@@H](O)CN3C(=O)C(N3Cc4ccccc4C3=O)C(C)(C)C)cc2)CC=N1. The molecule has 0 aliphatic carbocycles. The molecule has 3 atom stereocenters. The average Bonchev–Trinajstić information content (AvgIpc) is 3.59. The zero-order valence-electron chi connectivity index (χ0n) is 23.0. The molecule has 0 aromatic heterocycles. The van der Waals surface area contributed by atoms with E-state index in [9.17, 15) is 19.5 Å². The van der Waals surface area contributed by atoms with Crippen LogP contribution >= 0.6 is 0 Å². The number of fused-ring (bicyclic) bond motifs is 1. The zero-order chi connectivity index (χ0) is 27.9. The number of likely N-dealkylation sites (tertiary alicyclic amines) is 1. The molecule has 2 aromatic carbocycles. The number of aliphatic hydroxyl groups is 1. The summed E-state index contributed by atoms with van der Waals surface area (Å²) in [6.45, 7) is 8.48. The molecule has 3 aliphatic heterocycles. The number of nitrogens with one attached hydrogen (secondary N) is 1. The van der Waals surface area contributed by atoms with Gasteiger partial charge in [0.25, 0.3) is 5.91 Å². The molecule has 3 amide bonds. The molecule has 2 unspecified atom stereocenters. The Kier molecular flexibility index (Phi) is 7.16. The van der Waals surface area contributed by atoms with Crippen LogP contribution in [0.5, 0.6) is 0 Å². The first-order valence-corrected chi connectivity index (χ1v) is 13.5. The Hall–Kier alpha value is -3.78. The van der Waals surface area contributed by atoms with Crippen LogP contribution in [0.3, 0.4) is 0 Å². The van der Waals surface area contributed by atoms with Crippen LogP contribution in [0.15, 0.2) is 59.2 Å². The predicted octanol–water partition coefficient (Wildman–Crippen LogP) is 3.54. The summed E-state index contributed by atoms with van der Waals surface area (Å²) in [5.74, 6) is -0.805. The fourth-order valence-electron chi connectivity index (χ4n) is 5.88. The molecule has 0 spiro atoms. The number of hydrogen-bond donors (Lipinski definition) is 2. The number of carbonyl (C=O) groups is 3. The maximum Gasteiger partial charge on any atom is 0.255 e. The number of amides is 3. The van der Waals surface area contributed by atoms with Gasteiger partial charge in [-0.15, -0.1) is 0 Å². The van der Waals surface area contributed by atoms with E-state index in [1.165, 1.54) is 10.5 Å². The molecule has 8 heteroatoms. The van der Waals surface area contributed by atoms with Crippen LogP contribution in [-0.4, -0.2) is 63.6 Å². The van der Waals surface area contributed by atoms with Gasteiger partial charge < -0.3 is 20.2 Å². The molecule has 2 aromatic rings. The topological polar surface area (TPSA) is 102 Å². The van der Waals surface area contributed by atoms with Crippen molar-refractivity contribution in [2.75, 3.05) is 6.54 Å². The van der Waals surface area contributed by atoms with Gasteiger partial charge in [0, 0.05) is 50.0 Å². The highest BCUT2D eigenvalue weighted by Gasteiger charge is 2.48. The van der Waals surface area contributed by atoms with Gasteiger partial charge in [0.1, 0.15) is 12.1 Å². The molecule has 1 saturated heterocycles. The van der Waals surface area contributed by atoms with Crippen molar-refractivity contribution in [3.8, 4) is 0 Å². The maximum atomic E-state index is 14.0. The van der Waals surface area contributed by atoms with Crippen LogP contribution in [0, 0.1) is 5.41 Å². The predicted molar refractivity (Wildman–Crippen MR) is 150 cm³/mol. The smallest absolute Gasteiger partial charge is 0.255 e. The minimum atomic E-state index is -0.805. The van der Waals surface area contributed by atoms with Crippen molar-refractivity contribution >= 4 is 29.5 Å². The van der Waals surface area contributed by atoms with Crippen LogP contribution < -0.4 is 5.32 Å². The van der Waals surface area contributed by atoms with E-state index >= 15 is 0 Å². The van der Waals surface area contributed by atoms with E-state index in [4.69, 9.17) is 0 Å². The van der Waals surface area contributed by atoms with Crippen molar-refractivity contribution in [2.45, 2.75) is 71.8 Å². The van der Waals surface area contributed by atoms with E-state index in [-0.39, 0.29) is 30.7 Å². The lowest BCUT2D eigenvalue weighted by molar-refractivity contribution is -0.145. The van der Waals surface area contributed by atoms with E-state index in [2.05, 4.69) is 10.3 Å². The Morgan fingerprint density at radius 1 is 1.13 bits per heavy atom. The van der Waals surface area contributed by atoms with Crippen LogP contribution in [-0.2, 0) is 22.7 Å². The summed E-state index contributed by atoms with van der Waals surface area (Å²) in [4.78, 5) is 48.0. The monoisotopic (exact) mass is 528 g/mol. The second-order valence-electron chi connectivity index (χ2n) is 11.7. The molecule has 0 saturated carbocycles. The van der Waals surface area contributed by atoms with E-state index < -0.39 is 23.6 Å². The van der Waals surface area contributed by atoms with Gasteiger partial charge in [-0.25, -0.2) is 0 Å². The Morgan fingerprint density at radius 2 is 1.85 bits per heavy atom. The molecule has 3 aliphatic rings.